The normalized spacial score (nSPS) is 10.3. The number of para-hydroxylation sites is 1. The van der Waals surface area contributed by atoms with E-state index in [4.69, 9.17) is 9.78 Å². The quantitative estimate of drug-likeness (QED) is 0.351. The highest BCUT2D eigenvalue weighted by molar-refractivity contribution is 5.20. The van der Waals surface area contributed by atoms with Gasteiger partial charge in [-0.05, 0) is 18.6 Å². The van der Waals surface area contributed by atoms with Gasteiger partial charge in [-0.1, -0.05) is 57.2 Å². The van der Waals surface area contributed by atoms with E-state index in [0.717, 1.165) is 12.2 Å². The van der Waals surface area contributed by atoms with Crippen LogP contribution in [-0.2, 0) is 4.89 Å². The molecule has 0 atom stereocenters. The molecule has 1 aromatic rings. The lowest BCUT2D eigenvalue weighted by atomic mass is 10.1. The minimum absolute atomic E-state index is 0.682. The molecule has 0 aliphatic carbocycles. The summed E-state index contributed by atoms with van der Waals surface area (Å²) in [6.45, 7) is 2.91. The van der Waals surface area contributed by atoms with Gasteiger partial charge in [0.1, 0.15) is 0 Å². The van der Waals surface area contributed by atoms with Gasteiger partial charge in [-0.15, -0.1) is 0 Å². The van der Waals surface area contributed by atoms with Crippen molar-refractivity contribution in [1.82, 2.24) is 0 Å². The van der Waals surface area contributed by atoms with Crippen LogP contribution in [0, 0.1) is 0 Å². The van der Waals surface area contributed by atoms with Crippen molar-refractivity contribution < 1.29 is 9.78 Å². The second-order valence-corrected chi connectivity index (χ2v) is 3.99. The largest absolute Gasteiger partial charge is 0.338 e. The lowest BCUT2D eigenvalue weighted by Crippen LogP contribution is -1.99. The average Bonchev–Trinajstić information content (AvgIpc) is 2.34. The summed E-state index contributed by atoms with van der Waals surface area (Å²) in [5.74, 6) is 0.772. The van der Waals surface area contributed by atoms with E-state index in [-0.39, 0.29) is 0 Å². The third-order valence-electron chi connectivity index (χ3n) is 2.48. The maximum absolute atomic E-state index is 5.13. The Bertz CT molecular complexity index is 246. The summed E-state index contributed by atoms with van der Waals surface area (Å²) in [7, 11) is 0. The highest BCUT2D eigenvalue weighted by atomic mass is 17.2. The van der Waals surface area contributed by atoms with Crippen LogP contribution in [0.3, 0.4) is 0 Å². The molecule has 0 aromatic heterocycles. The van der Waals surface area contributed by atoms with Crippen LogP contribution in [0.25, 0.3) is 0 Å². The van der Waals surface area contributed by atoms with Crippen LogP contribution in [-0.4, -0.2) is 6.61 Å². The molecule has 90 valence electrons. The minimum Gasteiger partial charge on any atom is -0.338 e. The molecule has 1 aromatic carbocycles. The summed E-state index contributed by atoms with van der Waals surface area (Å²) in [5.41, 5.74) is 0. The minimum atomic E-state index is 0.682. The molecule has 0 radical (unpaired) electrons. The lowest BCUT2D eigenvalue weighted by molar-refractivity contribution is -0.207. The van der Waals surface area contributed by atoms with Gasteiger partial charge in [0.25, 0.3) is 0 Å². The predicted molar refractivity (Wildman–Crippen MR) is 66.4 cm³/mol. The molecule has 0 aliphatic heterocycles. The molecule has 0 saturated heterocycles. The molecule has 1 rings (SSSR count). The summed E-state index contributed by atoms with van der Waals surface area (Å²) in [5, 5.41) is 0. The van der Waals surface area contributed by atoms with Crippen molar-refractivity contribution in [2.24, 2.45) is 0 Å². The van der Waals surface area contributed by atoms with Crippen LogP contribution in [0.2, 0.25) is 0 Å². The molecule has 16 heavy (non-hydrogen) atoms. The standard InChI is InChI=1S/C14H22O2/c1-2-3-4-5-6-10-13-15-16-14-11-8-7-9-12-14/h7-9,11-12H,2-6,10,13H2,1H3. The zero-order valence-electron chi connectivity index (χ0n) is 10.2. The first-order valence-electron chi connectivity index (χ1n) is 6.28. The highest BCUT2D eigenvalue weighted by Crippen LogP contribution is 2.09. The van der Waals surface area contributed by atoms with Crippen molar-refractivity contribution in [3.8, 4) is 5.75 Å². The van der Waals surface area contributed by atoms with Gasteiger partial charge in [-0.2, -0.15) is 4.89 Å². The Morgan fingerprint density at radius 3 is 2.31 bits per heavy atom. The van der Waals surface area contributed by atoms with E-state index in [1.807, 2.05) is 30.3 Å². The van der Waals surface area contributed by atoms with E-state index < -0.39 is 0 Å². The van der Waals surface area contributed by atoms with Gasteiger partial charge in [0.05, 0.1) is 6.61 Å². The third kappa shape index (κ3) is 6.46. The van der Waals surface area contributed by atoms with Gasteiger partial charge in [-0.3, -0.25) is 0 Å². The van der Waals surface area contributed by atoms with Crippen molar-refractivity contribution in [3.63, 3.8) is 0 Å². The summed E-state index contributed by atoms with van der Waals surface area (Å²) in [4.78, 5) is 10.3. The van der Waals surface area contributed by atoms with E-state index in [9.17, 15) is 0 Å². The molecular weight excluding hydrogens is 200 g/mol. The molecule has 0 unspecified atom stereocenters. The van der Waals surface area contributed by atoms with Crippen molar-refractivity contribution in [2.45, 2.75) is 45.4 Å². The molecule has 0 amide bonds. The van der Waals surface area contributed by atoms with Crippen molar-refractivity contribution >= 4 is 0 Å². The first-order valence-corrected chi connectivity index (χ1v) is 6.28. The van der Waals surface area contributed by atoms with Gasteiger partial charge >= 0.3 is 0 Å². The topological polar surface area (TPSA) is 18.5 Å². The molecule has 0 heterocycles. The van der Waals surface area contributed by atoms with E-state index in [1.54, 1.807) is 0 Å². The van der Waals surface area contributed by atoms with Crippen LogP contribution in [0.5, 0.6) is 5.75 Å². The number of rotatable bonds is 9. The molecular formula is C14H22O2. The Morgan fingerprint density at radius 1 is 0.875 bits per heavy atom. The van der Waals surface area contributed by atoms with Crippen LogP contribution >= 0.6 is 0 Å². The van der Waals surface area contributed by atoms with Gasteiger partial charge in [0.2, 0.25) is 0 Å². The number of hydrogen-bond acceptors (Lipinski definition) is 2. The number of benzene rings is 1. The first-order chi connectivity index (χ1) is 7.93. The summed E-state index contributed by atoms with van der Waals surface area (Å²) >= 11 is 0. The van der Waals surface area contributed by atoms with Crippen molar-refractivity contribution in [1.29, 1.82) is 0 Å². The highest BCUT2D eigenvalue weighted by Gasteiger charge is 1.93. The van der Waals surface area contributed by atoms with Gasteiger partial charge < -0.3 is 4.89 Å². The van der Waals surface area contributed by atoms with E-state index >= 15 is 0 Å². The van der Waals surface area contributed by atoms with Crippen LogP contribution in [0.15, 0.2) is 30.3 Å². The van der Waals surface area contributed by atoms with Crippen LogP contribution in [0.4, 0.5) is 0 Å². The zero-order valence-corrected chi connectivity index (χ0v) is 10.2. The molecule has 0 fully saturated rings. The lowest BCUT2D eigenvalue weighted by Gasteiger charge is -2.04. The second-order valence-electron chi connectivity index (χ2n) is 3.99. The number of unbranched alkanes of at least 4 members (excludes halogenated alkanes) is 5. The van der Waals surface area contributed by atoms with Crippen molar-refractivity contribution in [3.05, 3.63) is 30.3 Å². The first kappa shape index (κ1) is 13.0. The fraction of sp³-hybridized carbons (Fsp3) is 0.571. The Hall–Kier alpha value is -1.02. The Kier molecular flexibility index (Phi) is 7.52. The van der Waals surface area contributed by atoms with E-state index in [1.165, 1.54) is 32.1 Å². The molecule has 0 bridgehead atoms. The SMILES string of the molecule is CCCCCCCCOOc1ccccc1. The average molecular weight is 222 g/mol. The maximum Gasteiger partial charge on any atom is 0.165 e. The summed E-state index contributed by atoms with van der Waals surface area (Å²) in [6, 6.07) is 9.61. The summed E-state index contributed by atoms with van der Waals surface area (Å²) in [6.07, 6.45) is 7.61. The fourth-order valence-corrected chi connectivity index (χ4v) is 1.53. The maximum atomic E-state index is 5.13. The fourth-order valence-electron chi connectivity index (χ4n) is 1.53. The smallest absolute Gasteiger partial charge is 0.165 e. The molecule has 0 saturated carbocycles. The second kappa shape index (κ2) is 9.22. The Labute approximate surface area is 98.5 Å². The van der Waals surface area contributed by atoms with Gasteiger partial charge in [0.15, 0.2) is 5.75 Å². The molecule has 0 spiro atoms. The third-order valence-corrected chi connectivity index (χ3v) is 2.48. The van der Waals surface area contributed by atoms with Gasteiger partial charge in [-0.25, -0.2) is 0 Å². The number of hydrogen-bond donors (Lipinski definition) is 0. The van der Waals surface area contributed by atoms with Crippen LogP contribution < -0.4 is 4.89 Å². The predicted octanol–water partition coefficient (Wildman–Crippen LogP) is 4.36. The molecule has 0 N–H and O–H groups in total. The molecule has 2 nitrogen and oxygen atoms in total. The van der Waals surface area contributed by atoms with E-state index in [2.05, 4.69) is 6.92 Å². The molecule has 0 aliphatic rings. The van der Waals surface area contributed by atoms with Gasteiger partial charge in [0, 0.05) is 0 Å². The Balaban J connectivity index is 1.89. The zero-order chi connectivity index (χ0) is 11.5. The van der Waals surface area contributed by atoms with Crippen molar-refractivity contribution in [2.75, 3.05) is 6.61 Å². The van der Waals surface area contributed by atoms with E-state index in [0.29, 0.717) is 6.61 Å². The monoisotopic (exact) mass is 222 g/mol. The molecule has 2 heteroatoms. The van der Waals surface area contributed by atoms with Crippen LogP contribution in [0.1, 0.15) is 45.4 Å². The Morgan fingerprint density at radius 2 is 1.56 bits per heavy atom. The summed E-state index contributed by atoms with van der Waals surface area (Å²) < 4.78 is 0.